The number of ketones is 2. The van der Waals surface area contributed by atoms with Crippen LogP contribution in [0.15, 0.2) is 35.5 Å². The van der Waals surface area contributed by atoms with Gasteiger partial charge in [-0.25, -0.2) is 4.39 Å². The van der Waals surface area contributed by atoms with E-state index in [1.54, 1.807) is 13.0 Å². The Kier molecular flexibility index (Phi) is 4.50. The molecule has 0 aromatic heterocycles. The van der Waals surface area contributed by atoms with E-state index in [0.29, 0.717) is 24.8 Å². The summed E-state index contributed by atoms with van der Waals surface area (Å²) in [5.41, 5.74) is -2.33. The Morgan fingerprint density at radius 2 is 2.03 bits per heavy atom. The summed E-state index contributed by atoms with van der Waals surface area (Å²) in [5, 5.41) is 9.42. The van der Waals surface area contributed by atoms with Crippen molar-refractivity contribution in [1.82, 2.24) is 0 Å². The Bertz CT molecular complexity index is 886. The summed E-state index contributed by atoms with van der Waals surface area (Å²) in [5.74, 6) is -1.64. The van der Waals surface area contributed by atoms with Crippen LogP contribution >= 0.6 is 0 Å². The molecule has 2 fully saturated rings. The molecular formula is C23H27FO5. The summed E-state index contributed by atoms with van der Waals surface area (Å²) in [6.45, 7) is 4.38. The van der Waals surface area contributed by atoms with Gasteiger partial charge >= 0.3 is 5.97 Å². The van der Waals surface area contributed by atoms with Crippen molar-refractivity contribution in [2.75, 3.05) is 6.61 Å². The highest BCUT2D eigenvalue weighted by Crippen LogP contribution is 2.68. The number of aliphatic hydroxyl groups excluding tert-OH is 1. The molecule has 0 aromatic carbocycles. The van der Waals surface area contributed by atoms with E-state index in [2.05, 4.69) is 0 Å². The number of ether oxygens (including phenoxy) is 1. The van der Waals surface area contributed by atoms with Gasteiger partial charge in [-0.15, -0.1) is 0 Å². The summed E-state index contributed by atoms with van der Waals surface area (Å²) >= 11 is 0. The van der Waals surface area contributed by atoms with E-state index in [-0.39, 0.29) is 23.9 Å². The number of rotatable bonds is 3. The number of carbonyl (C=O) groups excluding carboxylic acids is 3. The monoisotopic (exact) mass is 402 g/mol. The van der Waals surface area contributed by atoms with Crippen LogP contribution in [0.5, 0.6) is 0 Å². The van der Waals surface area contributed by atoms with Gasteiger partial charge in [-0.1, -0.05) is 24.6 Å². The van der Waals surface area contributed by atoms with Crippen molar-refractivity contribution in [1.29, 1.82) is 0 Å². The quantitative estimate of drug-likeness (QED) is 0.734. The maximum absolute atomic E-state index is 17.3. The summed E-state index contributed by atoms with van der Waals surface area (Å²) in [7, 11) is 0. The Morgan fingerprint density at radius 1 is 1.31 bits per heavy atom. The molecule has 6 heteroatoms. The van der Waals surface area contributed by atoms with Crippen LogP contribution in [0.2, 0.25) is 0 Å². The molecule has 29 heavy (non-hydrogen) atoms. The lowest BCUT2D eigenvalue weighted by Crippen LogP contribution is -2.67. The van der Waals surface area contributed by atoms with Crippen molar-refractivity contribution >= 4 is 17.5 Å². The molecule has 2 saturated carbocycles. The first-order valence-corrected chi connectivity index (χ1v) is 10.2. The summed E-state index contributed by atoms with van der Waals surface area (Å²) in [4.78, 5) is 36.2. The average Bonchev–Trinajstić information content (AvgIpc) is 2.99. The minimum Gasteiger partial charge on any atom is -0.459 e. The maximum atomic E-state index is 17.3. The van der Waals surface area contributed by atoms with Gasteiger partial charge in [0.05, 0.1) is 0 Å². The molecule has 0 aromatic rings. The molecule has 0 aliphatic heterocycles. The molecule has 6 atom stereocenters. The van der Waals surface area contributed by atoms with Crippen LogP contribution in [-0.4, -0.2) is 41.0 Å². The Labute approximate surface area is 169 Å². The second-order valence-corrected chi connectivity index (χ2v) is 9.28. The predicted molar refractivity (Wildman–Crippen MR) is 103 cm³/mol. The number of allylic oxidation sites excluding steroid dienone is 5. The smallest absolute Gasteiger partial charge is 0.303 e. The van der Waals surface area contributed by atoms with Gasteiger partial charge in [0.1, 0.15) is 12.7 Å². The van der Waals surface area contributed by atoms with E-state index in [1.807, 2.05) is 13.0 Å². The molecule has 5 nitrogen and oxygen atoms in total. The lowest BCUT2D eigenvalue weighted by molar-refractivity contribution is -0.206. The first-order valence-electron chi connectivity index (χ1n) is 10.2. The van der Waals surface area contributed by atoms with E-state index in [4.69, 9.17) is 4.74 Å². The number of alkyl halides is 1. The first-order chi connectivity index (χ1) is 13.6. The number of fused-ring (bicyclic) bond motifs is 5. The molecule has 0 heterocycles. The molecule has 0 radical (unpaired) electrons. The van der Waals surface area contributed by atoms with Gasteiger partial charge in [-0.05, 0) is 56.3 Å². The fourth-order valence-electron chi connectivity index (χ4n) is 6.59. The molecule has 3 unspecified atom stereocenters. The largest absolute Gasteiger partial charge is 0.459 e. The van der Waals surface area contributed by atoms with Crippen LogP contribution < -0.4 is 0 Å². The number of hydrogen-bond donors (Lipinski definition) is 1. The molecule has 0 spiro atoms. The van der Waals surface area contributed by atoms with Crippen LogP contribution in [0.25, 0.3) is 0 Å². The van der Waals surface area contributed by atoms with E-state index in [9.17, 15) is 19.5 Å². The zero-order chi connectivity index (χ0) is 21.2. The fraction of sp³-hybridized carbons (Fsp3) is 0.609. The highest BCUT2D eigenvalue weighted by molar-refractivity contribution is 6.01. The van der Waals surface area contributed by atoms with E-state index in [1.165, 1.54) is 19.1 Å². The lowest BCUT2D eigenvalue weighted by Gasteiger charge is -2.62. The van der Waals surface area contributed by atoms with Crippen LogP contribution in [0.1, 0.15) is 46.5 Å². The topological polar surface area (TPSA) is 80.7 Å². The molecule has 4 aliphatic rings. The SMILES string of the molecule is CC(=O)OC1C[C@]2(C)C(C(=O)CO)=CCC2C2CCC3=CC(=O)C=C[C@]3(C)[C@@]12F. The molecular weight excluding hydrogens is 375 g/mol. The van der Waals surface area contributed by atoms with E-state index < -0.39 is 41.1 Å². The number of aliphatic hydroxyl groups is 1. The van der Waals surface area contributed by atoms with Gasteiger partial charge in [0.25, 0.3) is 0 Å². The Hall–Kier alpha value is -2.08. The molecule has 0 amide bonds. The van der Waals surface area contributed by atoms with E-state index >= 15 is 4.39 Å². The van der Waals surface area contributed by atoms with Gasteiger partial charge in [0.2, 0.25) is 0 Å². The summed E-state index contributed by atoms with van der Waals surface area (Å²) < 4.78 is 22.8. The van der Waals surface area contributed by atoms with Crippen LogP contribution in [-0.2, 0) is 19.1 Å². The molecule has 1 N–H and O–H groups in total. The third kappa shape index (κ3) is 2.57. The number of esters is 1. The normalized spacial score (nSPS) is 42.9. The number of Topliss-reactive ketones (excluding diaryl/α,β-unsaturated/α-hetero) is 1. The molecule has 0 saturated heterocycles. The minimum absolute atomic E-state index is 0.130. The van der Waals surface area contributed by atoms with Gasteiger partial charge in [-0.2, -0.15) is 0 Å². The lowest BCUT2D eigenvalue weighted by atomic mass is 9.45. The summed E-state index contributed by atoms with van der Waals surface area (Å²) in [6.07, 6.45) is 7.17. The van der Waals surface area contributed by atoms with Crippen molar-refractivity contribution in [2.24, 2.45) is 22.7 Å². The molecule has 0 bridgehead atoms. The fourth-order valence-corrected chi connectivity index (χ4v) is 6.59. The van der Waals surface area contributed by atoms with Crippen molar-refractivity contribution in [3.8, 4) is 0 Å². The molecule has 4 rings (SSSR count). The number of hydrogen-bond acceptors (Lipinski definition) is 5. The van der Waals surface area contributed by atoms with E-state index in [0.717, 1.165) is 5.57 Å². The average molecular weight is 402 g/mol. The van der Waals surface area contributed by atoms with Crippen molar-refractivity contribution < 1.29 is 28.6 Å². The Morgan fingerprint density at radius 3 is 2.69 bits per heavy atom. The Balaban J connectivity index is 1.84. The van der Waals surface area contributed by atoms with Crippen molar-refractivity contribution in [3.05, 3.63) is 35.5 Å². The second-order valence-electron chi connectivity index (χ2n) is 9.28. The van der Waals surface area contributed by atoms with Crippen LogP contribution in [0, 0.1) is 22.7 Å². The van der Waals surface area contributed by atoms with Crippen molar-refractivity contribution in [2.45, 2.75) is 58.2 Å². The van der Waals surface area contributed by atoms with Crippen LogP contribution in [0.4, 0.5) is 4.39 Å². The second kappa shape index (κ2) is 6.46. The highest BCUT2D eigenvalue weighted by atomic mass is 19.1. The van der Waals surface area contributed by atoms with Crippen LogP contribution in [0.3, 0.4) is 0 Å². The standard InChI is InChI=1S/C23H27FO5/c1-13(26)29-20-11-21(2)16(6-7-18(21)19(28)12-25)17-5-4-14-10-15(27)8-9-22(14,3)23(17,20)24/h7-10,16-17,20,25H,4-6,11-12H2,1-3H3/t16?,17?,20?,21-,22-,23-/m0/s1. The first kappa shape index (κ1) is 20.2. The molecule has 4 aliphatic carbocycles. The minimum atomic E-state index is -1.88. The van der Waals surface area contributed by atoms with Gasteiger partial charge in [0, 0.05) is 23.7 Å². The van der Waals surface area contributed by atoms with Crippen molar-refractivity contribution in [3.63, 3.8) is 0 Å². The van der Waals surface area contributed by atoms with Gasteiger partial charge < -0.3 is 9.84 Å². The highest BCUT2D eigenvalue weighted by Gasteiger charge is 2.71. The summed E-state index contributed by atoms with van der Waals surface area (Å²) in [6, 6.07) is 0. The third-order valence-corrected chi connectivity index (χ3v) is 7.95. The zero-order valence-electron chi connectivity index (χ0n) is 17.0. The van der Waals surface area contributed by atoms with Gasteiger partial charge in [-0.3, -0.25) is 14.4 Å². The maximum Gasteiger partial charge on any atom is 0.303 e. The van der Waals surface area contributed by atoms with Gasteiger partial charge in [0.15, 0.2) is 17.2 Å². The predicted octanol–water partition coefficient (Wildman–Crippen LogP) is 3.03. The third-order valence-electron chi connectivity index (χ3n) is 7.95. The number of halogens is 1. The zero-order valence-corrected chi connectivity index (χ0v) is 17.0. The number of carbonyl (C=O) groups is 3. The molecule has 156 valence electrons.